The van der Waals surface area contributed by atoms with Crippen LogP contribution in [0.1, 0.15) is 75.3 Å². The highest BCUT2D eigenvalue weighted by Crippen LogP contribution is 2.43. The monoisotopic (exact) mass is 458 g/mol. The molecule has 0 unspecified atom stereocenters. The number of para-hydroxylation sites is 1. The predicted octanol–water partition coefficient (Wildman–Crippen LogP) is 5.63. The van der Waals surface area contributed by atoms with Crippen molar-refractivity contribution < 1.29 is 14.0 Å². The van der Waals surface area contributed by atoms with Crippen molar-refractivity contribution in [2.24, 2.45) is 0 Å². The number of rotatable bonds is 4. The first-order chi connectivity index (χ1) is 15.8. The Labute approximate surface area is 194 Å². The summed E-state index contributed by atoms with van der Waals surface area (Å²) >= 11 is 1.16. The molecule has 5 rings (SSSR count). The Morgan fingerprint density at radius 2 is 1.79 bits per heavy atom. The minimum absolute atomic E-state index is 0.0221. The van der Waals surface area contributed by atoms with E-state index >= 15 is 0 Å². The summed E-state index contributed by atoms with van der Waals surface area (Å²) in [6, 6.07) is 14.1. The van der Waals surface area contributed by atoms with Crippen LogP contribution in [0.2, 0.25) is 0 Å². The van der Waals surface area contributed by atoms with Gasteiger partial charge in [-0.15, -0.1) is 0 Å². The zero-order chi connectivity index (χ0) is 23.4. The first-order valence-electron chi connectivity index (χ1n) is 10.8. The number of fused-ring (bicyclic) bond motifs is 2. The molecular weight excluding hydrogens is 436 g/mol. The summed E-state index contributed by atoms with van der Waals surface area (Å²) in [5, 5.41) is 0.796. The number of hydrogen-bond donors (Lipinski definition) is 0. The molecule has 1 amide bonds. The topological polar surface area (TPSA) is 80.5 Å². The van der Waals surface area contributed by atoms with E-state index in [0.717, 1.165) is 22.5 Å². The molecule has 3 heterocycles. The van der Waals surface area contributed by atoms with Gasteiger partial charge in [0.15, 0.2) is 16.3 Å². The Morgan fingerprint density at radius 1 is 1.09 bits per heavy atom. The van der Waals surface area contributed by atoms with Gasteiger partial charge in [-0.25, -0.2) is 4.98 Å². The third-order valence-corrected chi connectivity index (χ3v) is 7.27. The number of aryl methyl sites for hydroxylation is 1. The molecule has 1 aliphatic heterocycles. The van der Waals surface area contributed by atoms with Crippen LogP contribution in [-0.4, -0.2) is 16.7 Å². The van der Waals surface area contributed by atoms with Gasteiger partial charge < -0.3 is 4.42 Å². The molecule has 0 saturated heterocycles. The highest BCUT2D eigenvalue weighted by Gasteiger charge is 2.45. The normalized spacial score (nSPS) is 15.5. The number of anilines is 1. The highest BCUT2D eigenvalue weighted by atomic mass is 32.1. The maximum atomic E-state index is 13.6. The van der Waals surface area contributed by atoms with E-state index < -0.39 is 11.9 Å². The van der Waals surface area contributed by atoms with Crippen LogP contribution in [0.4, 0.5) is 5.13 Å². The largest absolute Gasteiger partial charge is 0.450 e. The van der Waals surface area contributed by atoms with E-state index in [0.29, 0.717) is 38.2 Å². The number of carbonyl (C=O) groups excluding carboxylic acids is 2. The van der Waals surface area contributed by atoms with E-state index in [1.807, 2.05) is 24.3 Å². The van der Waals surface area contributed by atoms with Gasteiger partial charge >= 0.3 is 0 Å². The molecule has 0 spiro atoms. The van der Waals surface area contributed by atoms with Gasteiger partial charge in [-0.3, -0.25) is 19.3 Å². The number of thiazole rings is 1. The van der Waals surface area contributed by atoms with E-state index in [2.05, 4.69) is 18.8 Å². The second kappa shape index (κ2) is 7.78. The van der Waals surface area contributed by atoms with Crippen molar-refractivity contribution in [2.75, 3.05) is 4.90 Å². The van der Waals surface area contributed by atoms with Crippen LogP contribution >= 0.6 is 11.3 Å². The zero-order valence-corrected chi connectivity index (χ0v) is 19.5. The summed E-state index contributed by atoms with van der Waals surface area (Å²) in [6.07, 6.45) is 0. The average molecular weight is 459 g/mol. The fraction of sp³-hybridized carbons (Fsp3) is 0.231. The summed E-state index contributed by atoms with van der Waals surface area (Å²) in [7, 11) is 0. The van der Waals surface area contributed by atoms with Crippen LogP contribution in [-0.2, 0) is 0 Å². The summed E-state index contributed by atoms with van der Waals surface area (Å²) < 4.78 is 5.97. The highest BCUT2D eigenvalue weighted by molar-refractivity contribution is 7.17. The number of Topliss-reactive ketones (excluding diaryl/α,β-unsaturated/α-hetero) is 1. The van der Waals surface area contributed by atoms with Crippen LogP contribution in [0.3, 0.4) is 0 Å². The van der Waals surface area contributed by atoms with Crippen molar-refractivity contribution in [3.05, 3.63) is 91.8 Å². The van der Waals surface area contributed by atoms with E-state index in [1.54, 1.807) is 31.2 Å². The number of ketones is 1. The lowest BCUT2D eigenvalue weighted by molar-refractivity contribution is 0.0969. The number of amides is 1. The molecule has 166 valence electrons. The Hall–Kier alpha value is -3.58. The Morgan fingerprint density at radius 3 is 2.42 bits per heavy atom. The van der Waals surface area contributed by atoms with Gasteiger partial charge in [-0.1, -0.05) is 61.6 Å². The van der Waals surface area contributed by atoms with Crippen LogP contribution in [0.15, 0.2) is 57.7 Å². The Kier molecular flexibility index (Phi) is 5.01. The molecule has 7 heteroatoms. The van der Waals surface area contributed by atoms with Gasteiger partial charge in [0.1, 0.15) is 5.58 Å². The fourth-order valence-electron chi connectivity index (χ4n) is 4.31. The smallest absolute Gasteiger partial charge is 0.297 e. The second-order valence-electron chi connectivity index (χ2n) is 8.54. The van der Waals surface area contributed by atoms with Crippen LogP contribution in [0.25, 0.3) is 11.0 Å². The van der Waals surface area contributed by atoms with Crippen molar-refractivity contribution in [3.63, 3.8) is 0 Å². The Balaban J connectivity index is 1.77. The maximum Gasteiger partial charge on any atom is 0.297 e. The average Bonchev–Trinajstić information content (AvgIpc) is 3.32. The van der Waals surface area contributed by atoms with Gasteiger partial charge in [-0.05, 0) is 36.1 Å². The number of nitrogens with zero attached hydrogens (tertiary/aromatic N) is 2. The number of carbonyl (C=O) groups is 2. The number of aromatic nitrogens is 1. The molecule has 33 heavy (non-hydrogen) atoms. The van der Waals surface area contributed by atoms with Gasteiger partial charge in [0.05, 0.1) is 27.6 Å². The molecule has 2 aromatic heterocycles. The molecule has 0 aliphatic carbocycles. The van der Waals surface area contributed by atoms with Crippen molar-refractivity contribution >= 4 is 39.1 Å². The van der Waals surface area contributed by atoms with E-state index in [9.17, 15) is 14.4 Å². The van der Waals surface area contributed by atoms with E-state index in [-0.39, 0.29) is 17.0 Å². The van der Waals surface area contributed by atoms with Crippen molar-refractivity contribution in [3.8, 4) is 0 Å². The lowest BCUT2D eigenvalue weighted by Crippen LogP contribution is -2.29. The zero-order valence-electron chi connectivity index (χ0n) is 18.7. The van der Waals surface area contributed by atoms with Gasteiger partial charge in [-0.2, -0.15) is 0 Å². The molecule has 0 N–H and O–H groups in total. The van der Waals surface area contributed by atoms with Crippen molar-refractivity contribution in [2.45, 2.75) is 39.7 Å². The minimum Gasteiger partial charge on any atom is -0.450 e. The van der Waals surface area contributed by atoms with Gasteiger partial charge in [0, 0.05) is 6.92 Å². The lowest BCUT2D eigenvalue weighted by atomic mass is 9.95. The summed E-state index contributed by atoms with van der Waals surface area (Å²) in [4.78, 5) is 45.8. The number of benzene rings is 2. The molecule has 0 bridgehead atoms. The molecular formula is C26H22N2O4S. The third kappa shape index (κ3) is 3.31. The number of hydrogen-bond acceptors (Lipinski definition) is 6. The lowest BCUT2D eigenvalue weighted by Gasteiger charge is -2.23. The quantitative estimate of drug-likeness (QED) is 0.370. The summed E-state index contributed by atoms with van der Waals surface area (Å²) in [5.74, 6) is -0.178. The molecule has 0 saturated carbocycles. The minimum atomic E-state index is -0.695. The van der Waals surface area contributed by atoms with Crippen LogP contribution in [0.5, 0.6) is 0 Å². The first-order valence-corrected chi connectivity index (χ1v) is 11.6. The van der Waals surface area contributed by atoms with Crippen molar-refractivity contribution in [1.82, 2.24) is 4.98 Å². The molecule has 6 nitrogen and oxygen atoms in total. The van der Waals surface area contributed by atoms with E-state index in [4.69, 9.17) is 4.42 Å². The Bertz CT molecular complexity index is 1480. The standard InChI is InChI=1S/C26H22N2O4S/c1-13(2)16-9-11-17(12-10-16)21-20-22(30)18-7-5-6-8-19(18)32-23(20)25(31)28(21)26-27-14(3)24(33-26)15(4)29/h5-13,21H,1-4H3/t21-/m1/s1. The molecule has 0 fully saturated rings. The fourth-order valence-corrected chi connectivity index (χ4v) is 5.30. The molecule has 4 aromatic rings. The summed E-state index contributed by atoms with van der Waals surface area (Å²) in [5.41, 5.74) is 2.93. The maximum absolute atomic E-state index is 13.6. The van der Waals surface area contributed by atoms with Gasteiger partial charge in [0.2, 0.25) is 5.76 Å². The van der Waals surface area contributed by atoms with Gasteiger partial charge in [0.25, 0.3) is 5.91 Å². The first kappa shape index (κ1) is 21.3. The molecule has 1 atom stereocenters. The molecule has 2 aromatic carbocycles. The van der Waals surface area contributed by atoms with Crippen LogP contribution in [0, 0.1) is 6.92 Å². The summed E-state index contributed by atoms with van der Waals surface area (Å²) in [6.45, 7) is 7.44. The van der Waals surface area contributed by atoms with Crippen LogP contribution < -0.4 is 10.3 Å². The predicted molar refractivity (Wildman–Crippen MR) is 129 cm³/mol. The third-order valence-electron chi connectivity index (χ3n) is 6.01. The van der Waals surface area contributed by atoms with E-state index in [1.165, 1.54) is 11.8 Å². The van der Waals surface area contributed by atoms with Crippen molar-refractivity contribution in [1.29, 1.82) is 0 Å². The molecule has 1 aliphatic rings. The molecule has 0 radical (unpaired) electrons. The SMILES string of the molecule is CC(=O)c1sc(N2C(=O)c3oc4ccccc4c(=O)c3[C@H]2c2ccc(C(C)C)cc2)nc1C. The second-order valence-corrected chi connectivity index (χ2v) is 9.51.